The number of nitrogens with zero attached hydrogens (tertiary/aromatic N) is 2. The number of anilines is 1. The van der Waals surface area contributed by atoms with Gasteiger partial charge < -0.3 is 15.2 Å². The number of carbonyl (C=O) groups excluding carboxylic acids is 2. The predicted molar refractivity (Wildman–Crippen MR) is 91.9 cm³/mol. The van der Waals surface area contributed by atoms with Gasteiger partial charge in [0.15, 0.2) is 0 Å². The minimum Gasteiger partial charge on any atom is -0.443 e. The quantitative estimate of drug-likeness (QED) is 0.837. The summed E-state index contributed by atoms with van der Waals surface area (Å²) in [5, 5.41) is 0. The second kappa shape index (κ2) is 6.20. The van der Waals surface area contributed by atoms with E-state index in [9.17, 15) is 9.59 Å². The Kier molecular flexibility index (Phi) is 4.34. The largest absolute Gasteiger partial charge is 0.443 e. The molecule has 25 heavy (non-hydrogen) atoms. The van der Waals surface area contributed by atoms with E-state index in [4.69, 9.17) is 15.2 Å². The van der Waals surface area contributed by atoms with E-state index >= 15 is 0 Å². The second-order valence-electron chi connectivity index (χ2n) is 7.92. The number of hydrogen-bond acceptors (Lipinski definition) is 6. The van der Waals surface area contributed by atoms with Gasteiger partial charge >= 0.3 is 12.2 Å². The molecule has 0 aromatic carbocycles. The Labute approximate surface area is 147 Å². The van der Waals surface area contributed by atoms with Crippen LogP contribution >= 0.6 is 0 Å². The van der Waals surface area contributed by atoms with Gasteiger partial charge in [0.1, 0.15) is 11.7 Å². The zero-order chi connectivity index (χ0) is 18.4. The summed E-state index contributed by atoms with van der Waals surface area (Å²) in [4.78, 5) is 30.0. The van der Waals surface area contributed by atoms with Crippen molar-refractivity contribution < 1.29 is 19.1 Å². The molecule has 1 saturated heterocycles. The Balaban J connectivity index is 1.86. The predicted octanol–water partition coefficient (Wildman–Crippen LogP) is 3.30. The first-order valence-electron chi connectivity index (χ1n) is 8.59. The molecule has 0 radical (unpaired) electrons. The molecule has 1 unspecified atom stereocenters. The molecule has 0 bridgehead atoms. The number of carbonyl (C=O) groups is 2. The Morgan fingerprint density at radius 1 is 1.40 bits per heavy atom. The average Bonchev–Trinajstić information content (AvgIpc) is 2.82. The third kappa shape index (κ3) is 3.41. The van der Waals surface area contributed by atoms with Crippen LogP contribution in [0.3, 0.4) is 0 Å². The standard InChI is InChI=1S/C18H25N3O4/c1-10-7-11(12-5-6-20-9-13(12)19)8-14-15(10)24-16(22)21(14)17(23)25-18(2,3)4/h5-6,9-11,14-15H,7-8,19H2,1-4H3/t10-,11?,14-,15+/m1/s1. The lowest BCUT2D eigenvalue weighted by Gasteiger charge is -2.37. The first kappa shape index (κ1) is 17.5. The molecule has 7 nitrogen and oxygen atoms in total. The summed E-state index contributed by atoms with van der Waals surface area (Å²) in [6, 6.07) is 1.56. The highest BCUT2D eigenvalue weighted by molar-refractivity contribution is 5.90. The number of hydrogen-bond donors (Lipinski definition) is 1. The first-order valence-corrected chi connectivity index (χ1v) is 8.59. The molecule has 1 aromatic rings. The fourth-order valence-corrected chi connectivity index (χ4v) is 3.80. The van der Waals surface area contributed by atoms with Crippen molar-refractivity contribution in [2.45, 2.75) is 64.2 Å². The molecule has 4 atom stereocenters. The van der Waals surface area contributed by atoms with Crippen molar-refractivity contribution in [1.82, 2.24) is 9.88 Å². The van der Waals surface area contributed by atoms with Gasteiger partial charge in [-0.25, -0.2) is 14.5 Å². The lowest BCUT2D eigenvalue weighted by atomic mass is 9.74. The number of imide groups is 1. The number of aromatic nitrogens is 1. The molecule has 2 fully saturated rings. The summed E-state index contributed by atoms with van der Waals surface area (Å²) in [7, 11) is 0. The van der Waals surface area contributed by atoms with Gasteiger partial charge in [-0.1, -0.05) is 6.92 Å². The smallest absolute Gasteiger partial charge is 0.420 e. The molecule has 2 N–H and O–H groups in total. The van der Waals surface area contributed by atoms with E-state index < -0.39 is 17.8 Å². The van der Waals surface area contributed by atoms with Gasteiger partial charge in [-0.2, -0.15) is 0 Å². The van der Waals surface area contributed by atoms with E-state index in [1.165, 1.54) is 0 Å². The topological polar surface area (TPSA) is 94.8 Å². The molecule has 2 amide bonds. The highest BCUT2D eigenvalue weighted by Crippen LogP contribution is 2.44. The molecule has 7 heteroatoms. The van der Waals surface area contributed by atoms with Crippen LogP contribution in [0.1, 0.15) is 52.0 Å². The van der Waals surface area contributed by atoms with Gasteiger partial charge in [0.05, 0.1) is 17.9 Å². The van der Waals surface area contributed by atoms with E-state index in [-0.39, 0.29) is 24.0 Å². The second-order valence-corrected chi connectivity index (χ2v) is 7.92. The third-order valence-corrected chi connectivity index (χ3v) is 4.80. The monoisotopic (exact) mass is 347 g/mol. The maximum Gasteiger partial charge on any atom is 0.420 e. The molecule has 2 aliphatic rings. The third-order valence-electron chi connectivity index (χ3n) is 4.80. The van der Waals surface area contributed by atoms with E-state index in [0.29, 0.717) is 12.1 Å². The zero-order valence-electron chi connectivity index (χ0n) is 15.1. The van der Waals surface area contributed by atoms with Gasteiger partial charge in [-0.3, -0.25) is 4.98 Å². The summed E-state index contributed by atoms with van der Waals surface area (Å²) in [5.74, 6) is 0.256. The van der Waals surface area contributed by atoms with Crippen LogP contribution in [-0.2, 0) is 9.47 Å². The Morgan fingerprint density at radius 3 is 2.76 bits per heavy atom. The molecule has 1 saturated carbocycles. The summed E-state index contributed by atoms with van der Waals surface area (Å²) in [5.41, 5.74) is 7.03. The van der Waals surface area contributed by atoms with Crippen molar-refractivity contribution in [2.75, 3.05) is 5.73 Å². The van der Waals surface area contributed by atoms with Crippen LogP contribution in [0.5, 0.6) is 0 Å². The van der Waals surface area contributed by atoms with Crippen molar-refractivity contribution >= 4 is 17.9 Å². The van der Waals surface area contributed by atoms with Crippen LogP contribution in [-0.4, -0.2) is 39.8 Å². The molecule has 1 aliphatic heterocycles. The minimum absolute atomic E-state index is 0.118. The maximum atomic E-state index is 12.5. The maximum absolute atomic E-state index is 12.5. The molecule has 1 aliphatic carbocycles. The van der Waals surface area contributed by atoms with Crippen LogP contribution in [0, 0.1) is 5.92 Å². The summed E-state index contributed by atoms with van der Waals surface area (Å²) in [6.45, 7) is 7.35. The fourth-order valence-electron chi connectivity index (χ4n) is 3.80. The SMILES string of the molecule is C[C@@H]1CC(c2ccncc2N)C[C@@H]2[C@H]1OC(=O)N2C(=O)OC(C)(C)C. The van der Waals surface area contributed by atoms with E-state index in [2.05, 4.69) is 4.98 Å². The molecule has 3 rings (SSSR count). The lowest BCUT2D eigenvalue weighted by molar-refractivity contribution is 0.0233. The number of amides is 2. The Morgan fingerprint density at radius 2 is 2.12 bits per heavy atom. The van der Waals surface area contributed by atoms with Crippen LogP contribution in [0.4, 0.5) is 15.3 Å². The lowest BCUT2D eigenvalue weighted by Crippen LogP contribution is -2.48. The average molecular weight is 347 g/mol. The van der Waals surface area contributed by atoms with Crippen molar-refractivity contribution in [3.05, 3.63) is 24.0 Å². The molecule has 1 aromatic heterocycles. The van der Waals surface area contributed by atoms with E-state index in [1.54, 1.807) is 33.2 Å². The van der Waals surface area contributed by atoms with Crippen LogP contribution < -0.4 is 5.73 Å². The fraction of sp³-hybridized carbons (Fsp3) is 0.611. The van der Waals surface area contributed by atoms with Crippen molar-refractivity contribution in [1.29, 1.82) is 0 Å². The van der Waals surface area contributed by atoms with Gasteiger partial charge in [0.2, 0.25) is 0 Å². The first-order chi connectivity index (χ1) is 11.7. The molecule has 2 heterocycles. The normalized spacial score (nSPS) is 29.1. The van der Waals surface area contributed by atoms with Gasteiger partial charge in [0.25, 0.3) is 0 Å². The number of nitrogens with two attached hydrogens (primary N) is 1. The van der Waals surface area contributed by atoms with Crippen LogP contribution in [0.15, 0.2) is 18.5 Å². The number of rotatable bonds is 1. The molecular weight excluding hydrogens is 322 g/mol. The molecule has 0 spiro atoms. The van der Waals surface area contributed by atoms with Crippen molar-refractivity contribution in [3.8, 4) is 0 Å². The van der Waals surface area contributed by atoms with Crippen molar-refractivity contribution in [2.24, 2.45) is 5.92 Å². The molecular formula is C18H25N3O4. The highest BCUT2D eigenvalue weighted by atomic mass is 16.6. The summed E-state index contributed by atoms with van der Waals surface area (Å²) >= 11 is 0. The number of fused-ring (bicyclic) bond motifs is 1. The van der Waals surface area contributed by atoms with Gasteiger partial charge in [-0.05, 0) is 57.1 Å². The number of pyridine rings is 1. The van der Waals surface area contributed by atoms with Crippen LogP contribution in [0.25, 0.3) is 0 Å². The van der Waals surface area contributed by atoms with Gasteiger partial charge in [-0.15, -0.1) is 0 Å². The summed E-state index contributed by atoms with van der Waals surface area (Å²) < 4.78 is 10.9. The Hall–Kier alpha value is -2.31. The number of ether oxygens (including phenoxy) is 2. The van der Waals surface area contributed by atoms with Gasteiger partial charge in [0, 0.05) is 6.20 Å². The van der Waals surface area contributed by atoms with E-state index in [0.717, 1.165) is 16.9 Å². The highest BCUT2D eigenvalue weighted by Gasteiger charge is 2.52. The summed E-state index contributed by atoms with van der Waals surface area (Å²) in [6.07, 6.45) is 3.21. The Bertz CT molecular complexity index is 685. The zero-order valence-corrected chi connectivity index (χ0v) is 15.1. The number of nitrogen functional groups attached to an aromatic ring is 1. The molecule has 136 valence electrons. The van der Waals surface area contributed by atoms with Crippen molar-refractivity contribution in [3.63, 3.8) is 0 Å². The van der Waals surface area contributed by atoms with Crippen LogP contribution in [0.2, 0.25) is 0 Å². The van der Waals surface area contributed by atoms with E-state index in [1.807, 2.05) is 13.0 Å². The minimum atomic E-state index is -0.676.